The lowest BCUT2D eigenvalue weighted by atomic mass is 10.2. The molecule has 1 aromatic carbocycles. The number of hydrogen-bond acceptors (Lipinski definition) is 1. The van der Waals surface area contributed by atoms with Gasteiger partial charge in [-0.3, -0.25) is 0 Å². The second-order valence-corrected chi connectivity index (χ2v) is 4.68. The van der Waals surface area contributed by atoms with E-state index >= 15 is 0 Å². The Kier molecular flexibility index (Phi) is 2.49. The summed E-state index contributed by atoms with van der Waals surface area (Å²) in [5, 5.41) is 13.1. The van der Waals surface area contributed by atoms with Crippen LogP contribution in [0.1, 0.15) is 0 Å². The third kappa shape index (κ3) is 1.73. The predicted molar refractivity (Wildman–Crippen MR) is 72.3 cm³/mol. The van der Waals surface area contributed by atoms with Gasteiger partial charge in [-0.05, 0) is 30.3 Å². The minimum Gasteiger partial charge on any atom is -0.619 e. The molecule has 0 saturated carbocycles. The van der Waals surface area contributed by atoms with Crippen LogP contribution < -0.4 is 4.73 Å². The van der Waals surface area contributed by atoms with Crippen LogP contribution >= 0.6 is 11.6 Å². The van der Waals surface area contributed by atoms with Crippen molar-refractivity contribution in [2.24, 2.45) is 7.05 Å². The Morgan fingerprint density at radius 2 is 2.06 bits per heavy atom. The van der Waals surface area contributed by atoms with Gasteiger partial charge in [0.05, 0.1) is 11.3 Å². The molecule has 0 amide bonds. The van der Waals surface area contributed by atoms with Gasteiger partial charge in [-0.2, -0.15) is 4.73 Å². The van der Waals surface area contributed by atoms with E-state index in [1.165, 1.54) is 6.20 Å². The molecule has 0 bridgehead atoms. The Balaban J connectivity index is 2.27. The van der Waals surface area contributed by atoms with Crippen molar-refractivity contribution in [1.29, 1.82) is 0 Å². The van der Waals surface area contributed by atoms with Gasteiger partial charge in [-0.1, -0.05) is 11.6 Å². The fourth-order valence-electron chi connectivity index (χ4n) is 2.20. The van der Waals surface area contributed by atoms with E-state index in [4.69, 9.17) is 11.6 Å². The first-order chi connectivity index (χ1) is 8.65. The molecule has 3 nitrogen and oxygen atoms in total. The molecule has 18 heavy (non-hydrogen) atoms. The van der Waals surface area contributed by atoms with Crippen molar-refractivity contribution in [3.8, 4) is 11.3 Å². The first-order valence-corrected chi connectivity index (χ1v) is 5.97. The molecule has 0 aliphatic carbocycles. The van der Waals surface area contributed by atoms with E-state index in [0.717, 1.165) is 26.9 Å². The van der Waals surface area contributed by atoms with Crippen molar-refractivity contribution in [3.63, 3.8) is 0 Å². The van der Waals surface area contributed by atoms with E-state index < -0.39 is 0 Å². The first-order valence-electron chi connectivity index (χ1n) is 5.59. The van der Waals surface area contributed by atoms with Gasteiger partial charge in [0.15, 0.2) is 12.4 Å². The largest absolute Gasteiger partial charge is 0.619 e. The number of rotatable bonds is 1. The number of pyridine rings is 1. The summed E-state index contributed by atoms with van der Waals surface area (Å²) in [7, 11) is 1.98. The van der Waals surface area contributed by atoms with E-state index in [1.807, 2.05) is 37.4 Å². The van der Waals surface area contributed by atoms with Gasteiger partial charge in [-0.15, -0.1) is 0 Å². The van der Waals surface area contributed by atoms with Crippen molar-refractivity contribution >= 4 is 22.5 Å². The molecule has 0 fully saturated rings. The third-order valence-corrected chi connectivity index (χ3v) is 3.31. The Hall–Kier alpha value is -2.00. The number of nitrogens with zero attached hydrogens (tertiary/aromatic N) is 2. The summed E-state index contributed by atoms with van der Waals surface area (Å²) in [5.74, 6) is 0. The van der Waals surface area contributed by atoms with Crippen molar-refractivity contribution in [2.75, 3.05) is 0 Å². The number of benzene rings is 1. The normalized spacial score (nSPS) is 11.0. The summed E-state index contributed by atoms with van der Waals surface area (Å²) in [6.45, 7) is 0. The number of halogens is 1. The molecule has 4 heteroatoms. The lowest BCUT2D eigenvalue weighted by Crippen LogP contribution is -2.24. The highest BCUT2D eigenvalue weighted by Gasteiger charge is 2.10. The molecule has 3 aromatic rings. The molecule has 0 saturated heterocycles. The zero-order valence-electron chi connectivity index (χ0n) is 9.80. The second-order valence-electron chi connectivity index (χ2n) is 4.24. The van der Waals surface area contributed by atoms with Crippen LogP contribution in [0.3, 0.4) is 0 Å². The van der Waals surface area contributed by atoms with Crippen LogP contribution in [0, 0.1) is 5.21 Å². The maximum atomic E-state index is 11.3. The molecule has 0 aliphatic rings. The van der Waals surface area contributed by atoms with Crippen LogP contribution in [-0.2, 0) is 7.05 Å². The fraction of sp³-hybridized carbons (Fsp3) is 0.0714. The smallest absolute Gasteiger partial charge is 0.189 e. The van der Waals surface area contributed by atoms with Gasteiger partial charge < -0.3 is 9.77 Å². The van der Waals surface area contributed by atoms with Gasteiger partial charge >= 0.3 is 0 Å². The average Bonchev–Trinajstić information content (AvgIpc) is 2.66. The zero-order valence-corrected chi connectivity index (χ0v) is 10.6. The summed E-state index contributed by atoms with van der Waals surface area (Å²) >= 11 is 5.99. The maximum Gasteiger partial charge on any atom is 0.189 e. The van der Waals surface area contributed by atoms with E-state index in [9.17, 15) is 5.21 Å². The van der Waals surface area contributed by atoms with Crippen molar-refractivity contribution in [3.05, 3.63) is 59.0 Å². The van der Waals surface area contributed by atoms with Gasteiger partial charge in [0, 0.05) is 29.0 Å². The van der Waals surface area contributed by atoms with Gasteiger partial charge in [0.1, 0.15) is 0 Å². The van der Waals surface area contributed by atoms with Gasteiger partial charge in [-0.25, -0.2) is 0 Å². The molecular formula is C14H11ClN2O. The highest BCUT2D eigenvalue weighted by molar-refractivity contribution is 6.31. The number of hydrogen-bond donors (Lipinski definition) is 0. The van der Waals surface area contributed by atoms with Crippen LogP contribution in [0.4, 0.5) is 0 Å². The Morgan fingerprint density at radius 3 is 2.83 bits per heavy atom. The molecule has 0 atom stereocenters. The fourth-order valence-corrected chi connectivity index (χ4v) is 2.38. The zero-order chi connectivity index (χ0) is 12.7. The predicted octanol–water partition coefficient (Wildman–Crippen LogP) is 3.13. The summed E-state index contributed by atoms with van der Waals surface area (Å²) in [6, 6.07) is 11.5. The standard InChI is InChI=1S/C14H11ClN2O/c1-16-13-5-4-12(15)7-11(13)8-14(16)10-3-2-6-17(18)9-10/h2-9H,1H3. The van der Waals surface area contributed by atoms with Crippen LogP contribution in [0.25, 0.3) is 22.2 Å². The lowest BCUT2D eigenvalue weighted by Gasteiger charge is -2.04. The highest BCUT2D eigenvalue weighted by Crippen LogP contribution is 2.28. The van der Waals surface area contributed by atoms with Gasteiger partial charge in [0.2, 0.25) is 0 Å². The molecular weight excluding hydrogens is 248 g/mol. The molecule has 90 valence electrons. The molecule has 2 heterocycles. The number of aromatic nitrogens is 2. The number of fused-ring (bicyclic) bond motifs is 1. The second kappa shape index (κ2) is 4.03. The molecule has 0 unspecified atom stereocenters. The molecule has 0 aliphatic heterocycles. The monoisotopic (exact) mass is 258 g/mol. The Bertz CT molecular complexity index is 734. The number of aryl methyl sites for hydroxylation is 1. The highest BCUT2D eigenvalue weighted by atomic mass is 35.5. The molecule has 0 radical (unpaired) electrons. The summed E-state index contributed by atoms with van der Waals surface area (Å²) in [4.78, 5) is 0. The minimum absolute atomic E-state index is 0.714. The van der Waals surface area contributed by atoms with Crippen molar-refractivity contribution < 1.29 is 4.73 Å². The summed E-state index contributed by atoms with van der Waals surface area (Å²) in [6.07, 6.45) is 3.04. The lowest BCUT2D eigenvalue weighted by molar-refractivity contribution is -0.604. The first kappa shape index (κ1) is 11.1. The molecule has 0 N–H and O–H groups in total. The Labute approximate surface area is 109 Å². The average molecular weight is 259 g/mol. The van der Waals surface area contributed by atoms with E-state index in [-0.39, 0.29) is 0 Å². The quantitative estimate of drug-likeness (QED) is 0.487. The summed E-state index contributed by atoms with van der Waals surface area (Å²) < 4.78 is 2.86. The topological polar surface area (TPSA) is 31.9 Å². The molecule has 2 aromatic heterocycles. The van der Waals surface area contributed by atoms with Crippen LogP contribution in [-0.4, -0.2) is 4.57 Å². The third-order valence-electron chi connectivity index (χ3n) is 3.08. The van der Waals surface area contributed by atoms with Crippen molar-refractivity contribution in [1.82, 2.24) is 4.57 Å². The molecule has 0 spiro atoms. The summed E-state index contributed by atoms with van der Waals surface area (Å²) in [5.41, 5.74) is 2.98. The van der Waals surface area contributed by atoms with Crippen LogP contribution in [0.5, 0.6) is 0 Å². The van der Waals surface area contributed by atoms with E-state index in [1.54, 1.807) is 12.3 Å². The maximum absolute atomic E-state index is 11.3. The van der Waals surface area contributed by atoms with Gasteiger partial charge in [0.25, 0.3) is 0 Å². The van der Waals surface area contributed by atoms with Crippen LogP contribution in [0.2, 0.25) is 5.02 Å². The molecule has 3 rings (SSSR count). The van der Waals surface area contributed by atoms with E-state index in [0.29, 0.717) is 5.02 Å². The SMILES string of the molecule is Cn1c(-c2ccc[n+]([O-])c2)cc2cc(Cl)ccc21. The minimum atomic E-state index is 0.714. The Morgan fingerprint density at radius 1 is 1.22 bits per heavy atom. The van der Waals surface area contributed by atoms with Crippen molar-refractivity contribution in [2.45, 2.75) is 0 Å². The van der Waals surface area contributed by atoms with E-state index in [2.05, 4.69) is 4.57 Å². The van der Waals surface area contributed by atoms with Crippen LogP contribution in [0.15, 0.2) is 48.8 Å².